The van der Waals surface area contributed by atoms with E-state index >= 15 is 0 Å². The molecule has 2 aromatic carbocycles. The summed E-state index contributed by atoms with van der Waals surface area (Å²) >= 11 is 0. The second kappa shape index (κ2) is 11.6. The van der Waals surface area contributed by atoms with Gasteiger partial charge in [0.2, 0.25) is 5.91 Å². The molecule has 1 heterocycles. The predicted molar refractivity (Wildman–Crippen MR) is 130 cm³/mol. The number of nitrogens with zero attached hydrogens (tertiary/aromatic N) is 2. The summed E-state index contributed by atoms with van der Waals surface area (Å²) in [6, 6.07) is 17.2. The van der Waals surface area contributed by atoms with Crippen LogP contribution in [0.3, 0.4) is 0 Å². The lowest BCUT2D eigenvalue weighted by Gasteiger charge is -2.21. The first-order valence-corrected chi connectivity index (χ1v) is 11.8. The number of benzene rings is 2. The van der Waals surface area contributed by atoms with Crippen LogP contribution in [0, 0.1) is 5.92 Å². The van der Waals surface area contributed by atoms with Gasteiger partial charge in [-0.1, -0.05) is 29.4 Å². The van der Waals surface area contributed by atoms with Crippen molar-refractivity contribution in [3.8, 4) is 11.5 Å². The molecule has 0 radical (unpaired) electrons. The predicted octanol–water partition coefficient (Wildman–Crippen LogP) is 3.65. The number of carbonyl (C=O) groups is 2. The van der Waals surface area contributed by atoms with Gasteiger partial charge in [0.1, 0.15) is 11.5 Å². The van der Waals surface area contributed by atoms with E-state index in [0.29, 0.717) is 25.3 Å². The van der Waals surface area contributed by atoms with Gasteiger partial charge in [-0.25, -0.2) is 0 Å². The molecule has 1 saturated carbocycles. The molecule has 0 saturated heterocycles. The topological polar surface area (TPSA) is 93.9 Å². The van der Waals surface area contributed by atoms with Gasteiger partial charge in [-0.05, 0) is 61.1 Å². The summed E-state index contributed by atoms with van der Waals surface area (Å²) < 4.78 is 15.8. The van der Waals surface area contributed by atoms with Crippen LogP contribution in [0.25, 0.3) is 0 Å². The first-order valence-electron chi connectivity index (χ1n) is 11.8. The van der Waals surface area contributed by atoms with Crippen molar-refractivity contribution in [1.82, 2.24) is 15.4 Å². The zero-order valence-corrected chi connectivity index (χ0v) is 20.2. The molecule has 0 spiro atoms. The Morgan fingerprint density at radius 3 is 2.14 bits per heavy atom. The molecule has 0 bridgehead atoms. The van der Waals surface area contributed by atoms with Crippen LogP contribution < -0.4 is 14.8 Å². The molecule has 1 aliphatic carbocycles. The summed E-state index contributed by atoms with van der Waals surface area (Å²) in [6.07, 6.45) is 3.26. The molecule has 1 aliphatic rings. The van der Waals surface area contributed by atoms with E-state index in [1.807, 2.05) is 48.5 Å². The van der Waals surface area contributed by atoms with Crippen molar-refractivity contribution >= 4 is 11.8 Å². The van der Waals surface area contributed by atoms with Crippen molar-refractivity contribution < 1.29 is 23.6 Å². The molecule has 8 heteroatoms. The monoisotopic (exact) mass is 477 g/mol. The number of hydrogen-bond acceptors (Lipinski definition) is 6. The lowest BCUT2D eigenvalue weighted by atomic mass is 10.1. The number of amides is 2. The van der Waals surface area contributed by atoms with Gasteiger partial charge in [-0.3, -0.25) is 9.59 Å². The fourth-order valence-corrected chi connectivity index (χ4v) is 3.80. The Morgan fingerprint density at radius 1 is 0.971 bits per heavy atom. The third-order valence-electron chi connectivity index (χ3n) is 6.06. The largest absolute Gasteiger partial charge is 0.497 e. The second-order valence-corrected chi connectivity index (χ2v) is 8.66. The Kier molecular flexibility index (Phi) is 8.03. The maximum Gasteiger partial charge on any atom is 0.273 e. The maximum atomic E-state index is 12.8. The smallest absolute Gasteiger partial charge is 0.273 e. The van der Waals surface area contributed by atoms with E-state index in [4.69, 9.17) is 14.0 Å². The van der Waals surface area contributed by atoms with Crippen LogP contribution in [-0.2, 0) is 24.2 Å². The third-order valence-corrected chi connectivity index (χ3v) is 6.06. The zero-order chi connectivity index (χ0) is 24.6. The summed E-state index contributed by atoms with van der Waals surface area (Å²) in [7, 11) is 3.27. The fourth-order valence-electron chi connectivity index (χ4n) is 3.80. The number of hydrogen-bond donors (Lipinski definition) is 1. The summed E-state index contributed by atoms with van der Waals surface area (Å²) in [5.41, 5.74) is 2.43. The quantitative estimate of drug-likeness (QED) is 0.428. The minimum atomic E-state index is -0.299. The lowest BCUT2D eigenvalue weighted by molar-refractivity contribution is -0.133. The van der Waals surface area contributed by atoms with Crippen LogP contribution in [-0.4, -0.2) is 49.2 Å². The van der Waals surface area contributed by atoms with Gasteiger partial charge < -0.3 is 24.2 Å². The first kappa shape index (κ1) is 24.3. The highest BCUT2D eigenvalue weighted by Crippen LogP contribution is 2.31. The van der Waals surface area contributed by atoms with Gasteiger partial charge in [0.15, 0.2) is 11.5 Å². The van der Waals surface area contributed by atoms with Crippen molar-refractivity contribution in [3.63, 3.8) is 0 Å². The summed E-state index contributed by atoms with van der Waals surface area (Å²) in [5.74, 6) is 2.01. The maximum absolute atomic E-state index is 12.8. The summed E-state index contributed by atoms with van der Waals surface area (Å²) in [5, 5.41) is 6.79. The van der Waals surface area contributed by atoms with E-state index in [0.717, 1.165) is 41.9 Å². The van der Waals surface area contributed by atoms with Crippen molar-refractivity contribution in [2.24, 2.45) is 5.92 Å². The van der Waals surface area contributed by atoms with Crippen LogP contribution >= 0.6 is 0 Å². The van der Waals surface area contributed by atoms with E-state index in [1.165, 1.54) is 0 Å². The van der Waals surface area contributed by atoms with Crippen LogP contribution in [0.15, 0.2) is 59.1 Å². The molecule has 3 aromatic rings. The number of ether oxygens (including phenoxy) is 2. The molecule has 8 nitrogen and oxygen atoms in total. The summed E-state index contributed by atoms with van der Waals surface area (Å²) in [4.78, 5) is 27.1. The Bertz CT molecular complexity index is 1120. The molecule has 1 N–H and O–H groups in total. The molecule has 2 amide bonds. The van der Waals surface area contributed by atoms with Gasteiger partial charge >= 0.3 is 0 Å². The highest BCUT2D eigenvalue weighted by molar-refractivity contribution is 5.92. The first-order chi connectivity index (χ1) is 17.1. The normalized spacial score (nSPS) is 12.7. The second-order valence-electron chi connectivity index (χ2n) is 8.66. The standard InChI is InChI=1S/C27H31N3O5/c1-33-22-9-3-19(4-10-22)13-15-28-26(31)25-17-24(35-29-25)18-30(27(32)21-7-8-21)16-14-20-5-11-23(34-2)12-6-20/h3-6,9-12,17,21H,7-8,13-16,18H2,1-2H3,(H,28,31). The van der Waals surface area contributed by atoms with Gasteiger partial charge in [-0.15, -0.1) is 0 Å². The number of nitrogens with one attached hydrogen (secondary N) is 1. The number of carbonyl (C=O) groups excluding carboxylic acids is 2. The minimum Gasteiger partial charge on any atom is -0.497 e. The number of rotatable bonds is 12. The van der Waals surface area contributed by atoms with Crippen LogP contribution in [0.5, 0.6) is 11.5 Å². The van der Waals surface area contributed by atoms with Crippen LogP contribution in [0.1, 0.15) is 40.2 Å². The van der Waals surface area contributed by atoms with Gasteiger partial charge in [-0.2, -0.15) is 0 Å². The molecule has 184 valence electrons. The minimum absolute atomic E-state index is 0.0921. The Hall–Kier alpha value is -3.81. The van der Waals surface area contributed by atoms with Crippen molar-refractivity contribution in [1.29, 1.82) is 0 Å². The van der Waals surface area contributed by atoms with E-state index < -0.39 is 0 Å². The molecule has 35 heavy (non-hydrogen) atoms. The summed E-state index contributed by atoms with van der Waals surface area (Å²) in [6.45, 7) is 1.32. The Balaban J connectivity index is 1.30. The third kappa shape index (κ3) is 6.85. The highest BCUT2D eigenvalue weighted by Gasteiger charge is 2.33. The average Bonchev–Trinajstić information content (AvgIpc) is 3.64. The van der Waals surface area contributed by atoms with E-state index in [2.05, 4.69) is 10.5 Å². The molecule has 1 aromatic heterocycles. The lowest BCUT2D eigenvalue weighted by Crippen LogP contribution is -2.33. The fraction of sp³-hybridized carbons (Fsp3) is 0.370. The average molecular weight is 478 g/mol. The molecule has 1 fully saturated rings. The van der Waals surface area contributed by atoms with E-state index in [1.54, 1.807) is 25.2 Å². The van der Waals surface area contributed by atoms with Crippen molar-refractivity contribution in [3.05, 3.63) is 77.2 Å². The highest BCUT2D eigenvalue weighted by atomic mass is 16.5. The molecule has 4 rings (SSSR count). The Labute approximate surface area is 205 Å². The van der Waals surface area contributed by atoms with E-state index in [9.17, 15) is 9.59 Å². The SMILES string of the molecule is COc1ccc(CCNC(=O)c2cc(CN(CCc3ccc(OC)cc3)C(=O)C3CC3)on2)cc1. The van der Waals surface area contributed by atoms with Gasteiger partial charge in [0.25, 0.3) is 5.91 Å². The van der Waals surface area contributed by atoms with Crippen molar-refractivity contribution in [2.75, 3.05) is 27.3 Å². The molecule has 0 aliphatic heterocycles. The van der Waals surface area contributed by atoms with Crippen molar-refractivity contribution in [2.45, 2.75) is 32.2 Å². The molecular weight excluding hydrogens is 446 g/mol. The molecular formula is C27H31N3O5. The Morgan fingerprint density at radius 2 is 1.57 bits per heavy atom. The van der Waals surface area contributed by atoms with E-state index in [-0.39, 0.29) is 30.0 Å². The zero-order valence-electron chi connectivity index (χ0n) is 20.2. The molecule has 0 unspecified atom stereocenters. The van der Waals surface area contributed by atoms with Crippen LogP contribution in [0.2, 0.25) is 0 Å². The molecule has 0 atom stereocenters. The van der Waals surface area contributed by atoms with Gasteiger partial charge in [0.05, 0.1) is 20.8 Å². The van der Waals surface area contributed by atoms with Crippen LogP contribution in [0.4, 0.5) is 0 Å². The number of aromatic nitrogens is 1. The number of methoxy groups -OCH3 is 2. The van der Waals surface area contributed by atoms with Gasteiger partial charge in [0, 0.05) is 25.1 Å².